The van der Waals surface area contributed by atoms with Gasteiger partial charge in [-0.25, -0.2) is 4.98 Å². The number of pyridine rings is 2. The Balaban J connectivity index is 1.46. The number of aromatic amines is 1. The predicted octanol–water partition coefficient (Wildman–Crippen LogP) is 3.32. The van der Waals surface area contributed by atoms with Crippen LogP contribution in [-0.4, -0.2) is 53.3 Å². The summed E-state index contributed by atoms with van der Waals surface area (Å²) in [6.45, 7) is 5.32. The second kappa shape index (κ2) is 7.49. The molecule has 7 heteroatoms. The van der Waals surface area contributed by atoms with Crippen LogP contribution in [0.5, 0.6) is 0 Å². The summed E-state index contributed by atoms with van der Waals surface area (Å²) < 4.78 is 11.3. The SMILES string of the molecule is CO[C@@H]1CC[C@H](CN2C(=O)Cc3ncc(-c4cnc5[nH]cc(C)c5c4C)cc32)OC1. The van der Waals surface area contributed by atoms with Gasteiger partial charge >= 0.3 is 0 Å². The summed E-state index contributed by atoms with van der Waals surface area (Å²) in [7, 11) is 1.71. The summed E-state index contributed by atoms with van der Waals surface area (Å²) in [6.07, 6.45) is 8.08. The van der Waals surface area contributed by atoms with Crippen molar-refractivity contribution in [3.8, 4) is 11.1 Å². The van der Waals surface area contributed by atoms with Crippen LogP contribution in [0.25, 0.3) is 22.2 Å². The molecule has 0 bridgehead atoms. The number of nitrogens with one attached hydrogen (secondary N) is 1. The molecular formula is C23H26N4O3. The lowest BCUT2D eigenvalue weighted by Crippen LogP contribution is -2.40. The molecule has 1 fully saturated rings. The Bertz CT molecular complexity index is 1120. The van der Waals surface area contributed by atoms with E-state index in [4.69, 9.17) is 9.47 Å². The number of rotatable bonds is 4. The van der Waals surface area contributed by atoms with E-state index >= 15 is 0 Å². The molecule has 2 aliphatic heterocycles. The van der Waals surface area contributed by atoms with E-state index < -0.39 is 0 Å². The number of methoxy groups -OCH3 is 1. The van der Waals surface area contributed by atoms with Crippen LogP contribution >= 0.6 is 0 Å². The van der Waals surface area contributed by atoms with E-state index in [2.05, 4.69) is 34.9 Å². The molecule has 0 unspecified atom stereocenters. The lowest BCUT2D eigenvalue weighted by atomic mass is 10.00. The van der Waals surface area contributed by atoms with Gasteiger partial charge in [-0.2, -0.15) is 0 Å². The molecule has 5 rings (SSSR count). The van der Waals surface area contributed by atoms with Crippen LogP contribution in [0, 0.1) is 13.8 Å². The molecule has 1 saturated heterocycles. The maximum absolute atomic E-state index is 12.7. The highest BCUT2D eigenvalue weighted by molar-refractivity contribution is 6.01. The molecule has 0 aromatic carbocycles. The first-order valence-electron chi connectivity index (χ1n) is 10.4. The smallest absolute Gasteiger partial charge is 0.233 e. The Morgan fingerprint density at radius 2 is 2.13 bits per heavy atom. The second-order valence-electron chi connectivity index (χ2n) is 8.25. The second-order valence-corrected chi connectivity index (χ2v) is 8.25. The van der Waals surface area contributed by atoms with Crippen molar-refractivity contribution in [2.45, 2.75) is 45.3 Å². The number of anilines is 1. The fraction of sp³-hybridized carbons (Fsp3) is 0.435. The minimum atomic E-state index is 0.0252. The zero-order chi connectivity index (χ0) is 20.8. The summed E-state index contributed by atoms with van der Waals surface area (Å²) in [6, 6.07) is 2.08. The maximum atomic E-state index is 12.7. The number of carbonyl (C=O) groups is 1. The third-order valence-electron chi connectivity index (χ3n) is 6.38. The van der Waals surface area contributed by atoms with Gasteiger partial charge in [0.25, 0.3) is 0 Å². The van der Waals surface area contributed by atoms with Gasteiger partial charge in [0.05, 0.1) is 43.2 Å². The third-order valence-corrected chi connectivity index (χ3v) is 6.38. The average molecular weight is 406 g/mol. The molecule has 0 aliphatic carbocycles. The number of carbonyl (C=O) groups excluding carboxylic acids is 1. The number of hydrogen-bond donors (Lipinski definition) is 1. The van der Waals surface area contributed by atoms with Crippen molar-refractivity contribution in [3.05, 3.63) is 41.5 Å². The van der Waals surface area contributed by atoms with Crippen molar-refractivity contribution >= 4 is 22.6 Å². The largest absolute Gasteiger partial charge is 0.379 e. The fourth-order valence-electron chi connectivity index (χ4n) is 4.62. The number of H-pyrrole nitrogens is 1. The van der Waals surface area contributed by atoms with Crippen LogP contribution in [0.4, 0.5) is 5.69 Å². The Labute approximate surface area is 175 Å². The Morgan fingerprint density at radius 1 is 1.27 bits per heavy atom. The number of nitrogens with zero attached hydrogens (tertiary/aromatic N) is 3. The monoisotopic (exact) mass is 406 g/mol. The van der Waals surface area contributed by atoms with Crippen LogP contribution in [0.3, 0.4) is 0 Å². The van der Waals surface area contributed by atoms with E-state index in [9.17, 15) is 4.79 Å². The first-order valence-corrected chi connectivity index (χ1v) is 10.4. The molecule has 2 atom stereocenters. The van der Waals surface area contributed by atoms with Gasteiger partial charge in [0.15, 0.2) is 0 Å². The van der Waals surface area contributed by atoms with Gasteiger partial charge in [0.1, 0.15) is 5.65 Å². The minimum absolute atomic E-state index is 0.0252. The molecule has 0 saturated carbocycles. The zero-order valence-corrected chi connectivity index (χ0v) is 17.6. The highest BCUT2D eigenvalue weighted by Gasteiger charge is 2.32. The third kappa shape index (κ3) is 3.18. The molecule has 0 spiro atoms. The van der Waals surface area contributed by atoms with Crippen LogP contribution in [0.2, 0.25) is 0 Å². The molecule has 7 nitrogen and oxygen atoms in total. The molecule has 2 aliphatic rings. The molecule has 156 valence electrons. The van der Waals surface area contributed by atoms with Crippen molar-refractivity contribution in [2.24, 2.45) is 0 Å². The van der Waals surface area contributed by atoms with E-state index in [0.29, 0.717) is 19.6 Å². The van der Waals surface area contributed by atoms with Crippen molar-refractivity contribution in [3.63, 3.8) is 0 Å². The van der Waals surface area contributed by atoms with Gasteiger partial charge < -0.3 is 19.4 Å². The van der Waals surface area contributed by atoms with Gasteiger partial charge in [-0.05, 0) is 43.9 Å². The van der Waals surface area contributed by atoms with E-state index in [0.717, 1.165) is 51.9 Å². The van der Waals surface area contributed by atoms with Gasteiger partial charge in [-0.15, -0.1) is 0 Å². The van der Waals surface area contributed by atoms with Crippen LogP contribution in [0.1, 0.15) is 29.7 Å². The van der Waals surface area contributed by atoms with E-state index in [1.165, 1.54) is 5.56 Å². The highest BCUT2D eigenvalue weighted by Crippen LogP contribution is 2.35. The lowest BCUT2D eigenvalue weighted by Gasteiger charge is -2.31. The highest BCUT2D eigenvalue weighted by atomic mass is 16.5. The van der Waals surface area contributed by atoms with Crippen LogP contribution < -0.4 is 4.90 Å². The quantitative estimate of drug-likeness (QED) is 0.719. The lowest BCUT2D eigenvalue weighted by molar-refractivity contribution is -0.118. The number of fused-ring (bicyclic) bond motifs is 2. The van der Waals surface area contributed by atoms with E-state index in [-0.39, 0.29) is 18.1 Å². The predicted molar refractivity (Wildman–Crippen MR) is 115 cm³/mol. The average Bonchev–Trinajstić information content (AvgIpc) is 3.29. The number of aryl methyl sites for hydroxylation is 2. The summed E-state index contributed by atoms with van der Waals surface area (Å²) >= 11 is 0. The molecule has 1 amide bonds. The molecule has 0 radical (unpaired) electrons. The van der Waals surface area contributed by atoms with Gasteiger partial charge in [0, 0.05) is 42.2 Å². The first kappa shape index (κ1) is 19.2. The molecule has 1 N–H and O–H groups in total. The number of aromatic nitrogens is 3. The Morgan fingerprint density at radius 3 is 2.90 bits per heavy atom. The fourth-order valence-corrected chi connectivity index (χ4v) is 4.62. The Hall–Kier alpha value is -2.77. The molecular weight excluding hydrogens is 380 g/mol. The molecule has 3 aromatic rings. The van der Waals surface area contributed by atoms with Gasteiger partial charge in [0.2, 0.25) is 5.91 Å². The number of hydrogen-bond acceptors (Lipinski definition) is 5. The van der Waals surface area contributed by atoms with Crippen LogP contribution in [0.15, 0.2) is 24.7 Å². The molecule has 3 aromatic heterocycles. The maximum Gasteiger partial charge on any atom is 0.233 e. The van der Waals surface area contributed by atoms with Crippen molar-refractivity contribution in [2.75, 3.05) is 25.2 Å². The summed E-state index contributed by atoms with van der Waals surface area (Å²) in [5.74, 6) is 0.0823. The Kier molecular flexibility index (Phi) is 4.79. The summed E-state index contributed by atoms with van der Waals surface area (Å²) in [4.78, 5) is 27.0. The van der Waals surface area contributed by atoms with Crippen molar-refractivity contribution in [1.29, 1.82) is 0 Å². The number of amides is 1. The minimum Gasteiger partial charge on any atom is -0.379 e. The first-order chi connectivity index (χ1) is 14.5. The molecule has 30 heavy (non-hydrogen) atoms. The number of ether oxygens (including phenoxy) is 2. The normalized spacial score (nSPS) is 21.4. The van der Waals surface area contributed by atoms with Crippen LogP contribution in [-0.2, 0) is 20.7 Å². The van der Waals surface area contributed by atoms with Gasteiger partial charge in [-0.1, -0.05) is 0 Å². The topological polar surface area (TPSA) is 80.3 Å². The van der Waals surface area contributed by atoms with Gasteiger partial charge in [-0.3, -0.25) is 9.78 Å². The molecule has 5 heterocycles. The summed E-state index contributed by atoms with van der Waals surface area (Å²) in [5, 5.41) is 1.14. The van der Waals surface area contributed by atoms with Crippen molar-refractivity contribution < 1.29 is 14.3 Å². The van der Waals surface area contributed by atoms with Crippen molar-refractivity contribution in [1.82, 2.24) is 15.0 Å². The van der Waals surface area contributed by atoms with E-state index in [1.807, 2.05) is 23.5 Å². The zero-order valence-electron chi connectivity index (χ0n) is 17.6. The standard InChI is InChI=1S/C23H26N4O3/c1-13-8-25-23-22(13)14(2)18(10-26-23)15-6-20-19(24-9-15)7-21(28)27(20)11-16-4-5-17(29-3)12-30-16/h6,8-10,16-17H,4-5,7,11-12H2,1-3H3,(H,25,26)/t16-,17-/m1/s1. The summed E-state index contributed by atoms with van der Waals surface area (Å²) in [5.41, 5.74) is 6.97. The van der Waals surface area contributed by atoms with E-state index in [1.54, 1.807) is 7.11 Å².